The molecule has 1 atom stereocenters. The van der Waals surface area contributed by atoms with Crippen LogP contribution >= 0.6 is 11.3 Å². The predicted molar refractivity (Wildman–Crippen MR) is 97.8 cm³/mol. The molecule has 0 bridgehead atoms. The number of nitrogens with one attached hydrogen (secondary N) is 1. The molecule has 1 unspecified atom stereocenters. The Kier molecular flexibility index (Phi) is 5.08. The molecule has 6 heteroatoms. The predicted octanol–water partition coefficient (Wildman–Crippen LogP) is 3.90. The van der Waals surface area contributed by atoms with Crippen LogP contribution in [-0.4, -0.2) is 23.6 Å². The Morgan fingerprint density at radius 2 is 2.20 bits per heavy atom. The molecule has 5 nitrogen and oxygen atoms in total. The van der Waals surface area contributed by atoms with Gasteiger partial charge in [0.05, 0.1) is 5.56 Å². The monoisotopic (exact) mass is 359 g/mol. The summed E-state index contributed by atoms with van der Waals surface area (Å²) < 4.78 is 5.15. The average molecular weight is 359 g/mol. The molecule has 1 amide bonds. The van der Waals surface area contributed by atoms with Crippen LogP contribution in [0.5, 0.6) is 5.75 Å². The number of carboxylic acids is 1. The molecule has 0 spiro atoms. The number of fused-ring (bicyclic) bond motifs is 1. The van der Waals surface area contributed by atoms with Gasteiger partial charge in [0.2, 0.25) is 0 Å². The third-order valence-electron chi connectivity index (χ3n) is 4.45. The van der Waals surface area contributed by atoms with Crippen LogP contribution in [0.3, 0.4) is 0 Å². The highest BCUT2D eigenvalue weighted by Crippen LogP contribution is 2.33. The Balaban J connectivity index is 1.72. The molecule has 0 radical (unpaired) electrons. The number of ether oxygens (including phenoxy) is 1. The molecule has 2 N–H and O–H groups in total. The molecule has 1 heterocycles. The number of hydrogen-bond donors (Lipinski definition) is 2. The minimum Gasteiger partial charge on any atom is -0.482 e. The van der Waals surface area contributed by atoms with Crippen molar-refractivity contribution >= 4 is 28.9 Å². The zero-order valence-electron chi connectivity index (χ0n) is 14.3. The number of rotatable bonds is 5. The first-order chi connectivity index (χ1) is 11.9. The van der Waals surface area contributed by atoms with Gasteiger partial charge in [0.25, 0.3) is 5.91 Å². The van der Waals surface area contributed by atoms with Gasteiger partial charge >= 0.3 is 5.97 Å². The molecule has 0 fully saturated rings. The van der Waals surface area contributed by atoms with Crippen LogP contribution in [0, 0.1) is 12.8 Å². The van der Waals surface area contributed by atoms with Gasteiger partial charge in [-0.25, -0.2) is 4.79 Å². The number of aliphatic carboxylic acids is 1. The summed E-state index contributed by atoms with van der Waals surface area (Å²) in [4.78, 5) is 24.6. The number of aryl methyl sites for hydroxylation is 1. The third kappa shape index (κ3) is 4.02. The molecule has 3 rings (SSSR count). The fourth-order valence-electron chi connectivity index (χ4n) is 3.07. The van der Waals surface area contributed by atoms with Crippen LogP contribution in [-0.2, 0) is 17.6 Å². The van der Waals surface area contributed by atoms with E-state index in [1.54, 1.807) is 29.5 Å². The van der Waals surface area contributed by atoms with Gasteiger partial charge in [-0.3, -0.25) is 4.79 Å². The molecule has 1 aliphatic carbocycles. The lowest BCUT2D eigenvalue weighted by atomic mass is 9.88. The largest absolute Gasteiger partial charge is 0.482 e. The van der Waals surface area contributed by atoms with Gasteiger partial charge in [0.15, 0.2) is 6.61 Å². The van der Waals surface area contributed by atoms with Crippen LogP contribution in [0.4, 0.5) is 5.69 Å². The summed E-state index contributed by atoms with van der Waals surface area (Å²) in [6.45, 7) is 3.72. The number of benzene rings is 1. The number of carbonyl (C=O) groups is 2. The van der Waals surface area contributed by atoms with E-state index in [9.17, 15) is 9.59 Å². The number of hydrogen-bond acceptors (Lipinski definition) is 4. The maximum atomic E-state index is 12.7. The van der Waals surface area contributed by atoms with Crippen LogP contribution < -0.4 is 10.1 Å². The van der Waals surface area contributed by atoms with Gasteiger partial charge in [0.1, 0.15) is 5.75 Å². The summed E-state index contributed by atoms with van der Waals surface area (Å²) in [5.74, 6) is 0.0448. The molecule has 25 heavy (non-hydrogen) atoms. The molecule has 1 aliphatic rings. The van der Waals surface area contributed by atoms with Gasteiger partial charge in [-0.15, -0.1) is 11.3 Å². The van der Waals surface area contributed by atoms with E-state index in [0.29, 0.717) is 17.4 Å². The van der Waals surface area contributed by atoms with Crippen molar-refractivity contribution in [3.05, 3.63) is 45.1 Å². The molecular weight excluding hydrogens is 338 g/mol. The quantitative estimate of drug-likeness (QED) is 0.849. The molecule has 1 aromatic heterocycles. The van der Waals surface area contributed by atoms with Crippen LogP contribution in [0.25, 0.3) is 0 Å². The van der Waals surface area contributed by atoms with E-state index in [1.165, 1.54) is 10.4 Å². The second-order valence-electron chi connectivity index (χ2n) is 6.51. The number of carboxylic acid groups (broad SMARTS) is 1. The van der Waals surface area contributed by atoms with Crippen molar-refractivity contribution in [2.45, 2.75) is 33.1 Å². The molecular formula is C19H21NO4S. The standard InChI is InChI=1S/C19H21NO4S/c1-11-3-5-14-15(10-25-17(14)7-11)19(23)20-16-6-4-13(8-12(16)2)24-9-18(21)22/h4,6,8,10-11H,3,5,7,9H2,1-2H3,(H,20,23)(H,21,22). The Morgan fingerprint density at radius 1 is 1.40 bits per heavy atom. The lowest BCUT2D eigenvalue weighted by Crippen LogP contribution is -2.17. The summed E-state index contributed by atoms with van der Waals surface area (Å²) in [7, 11) is 0. The van der Waals surface area contributed by atoms with Crippen molar-refractivity contribution < 1.29 is 19.4 Å². The molecule has 132 valence electrons. The van der Waals surface area contributed by atoms with Crippen LogP contribution in [0.1, 0.15) is 39.7 Å². The Labute approximate surface area is 150 Å². The molecule has 2 aromatic rings. The number of amides is 1. The van der Waals surface area contributed by atoms with E-state index in [4.69, 9.17) is 9.84 Å². The van der Waals surface area contributed by atoms with E-state index >= 15 is 0 Å². The number of anilines is 1. The summed E-state index contributed by atoms with van der Waals surface area (Å²) >= 11 is 1.67. The Morgan fingerprint density at radius 3 is 2.92 bits per heavy atom. The van der Waals surface area contributed by atoms with Gasteiger partial charge in [-0.2, -0.15) is 0 Å². The van der Waals surface area contributed by atoms with E-state index < -0.39 is 5.97 Å². The first-order valence-electron chi connectivity index (χ1n) is 8.30. The zero-order valence-corrected chi connectivity index (χ0v) is 15.1. The topological polar surface area (TPSA) is 75.6 Å². The fraction of sp³-hybridized carbons (Fsp3) is 0.368. The minimum atomic E-state index is -1.02. The normalized spacial score (nSPS) is 16.2. The molecule has 0 saturated carbocycles. The first kappa shape index (κ1) is 17.5. The highest BCUT2D eigenvalue weighted by molar-refractivity contribution is 7.10. The van der Waals surface area contributed by atoms with Crippen molar-refractivity contribution in [1.82, 2.24) is 0 Å². The van der Waals surface area contributed by atoms with Crippen molar-refractivity contribution in [2.75, 3.05) is 11.9 Å². The SMILES string of the molecule is Cc1cc(OCC(=O)O)ccc1NC(=O)c1csc2c1CCC(C)C2. The van der Waals surface area contributed by atoms with Crippen molar-refractivity contribution in [2.24, 2.45) is 5.92 Å². The van der Waals surface area contributed by atoms with E-state index in [-0.39, 0.29) is 12.5 Å². The van der Waals surface area contributed by atoms with Gasteiger partial charge in [0, 0.05) is 15.9 Å². The second-order valence-corrected chi connectivity index (χ2v) is 7.48. The maximum absolute atomic E-state index is 12.7. The van der Waals surface area contributed by atoms with Crippen LogP contribution in [0.15, 0.2) is 23.6 Å². The minimum absolute atomic E-state index is 0.0886. The number of thiophene rings is 1. The van der Waals surface area contributed by atoms with Crippen molar-refractivity contribution in [3.8, 4) is 5.75 Å². The summed E-state index contributed by atoms with van der Waals surface area (Å²) in [6.07, 6.45) is 3.14. The smallest absolute Gasteiger partial charge is 0.341 e. The third-order valence-corrected chi connectivity index (χ3v) is 5.51. The van der Waals surface area contributed by atoms with Gasteiger partial charge in [-0.1, -0.05) is 6.92 Å². The maximum Gasteiger partial charge on any atom is 0.341 e. The average Bonchev–Trinajstić information content (AvgIpc) is 2.98. The Hall–Kier alpha value is -2.34. The second kappa shape index (κ2) is 7.27. The van der Waals surface area contributed by atoms with E-state index in [0.717, 1.165) is 30.4 Å². The molecule has 1 aromatic carbocycles. The lowest BCUT2D eigenvalue weighted by molar-refractivity contribution is -0.139. The highest BCUT2D eigenvalue weighted by Gasteiger charge is 2.23. The van der Waals surface area contributed by atoms with E-state index in [1.807, 2.05) is 12.3 Å². The zero-order chi connectivity index (χ0) is 18.0. The Bertz CT molecular complexity index is 812. The van der Waals surface area contributed by atoms with Gasteiger partial charge < -0.3 is 15.2 Å². The molecule has 0 aliphatic heterocycles. The van der Waals surface area contributed by atoms with Gasteiger partial charge in [-0.05, 0) is 61.4 Å². The number of carbonyl (C=O) groups excluding carboxylic acids is 1. The molecule has 0 saturated heterocycles. The summed E-state index contributed by atoms with van der Waals surface area (Å²) in [5, 5.41) is 13.6. The van der Waals surface area contributed by atoms with Crippen LogP contribution in [0.2, 0.25) is 0 Å². The van der Waals surface area contributed by atoms with Crippen molar-refractivity contribution in [3.63, 3.8) is 0 Å². The lowest BCUT2D eigenvalue weighted by Gasteiger charge is -2.19. The summed E-state index contributed by atoms with van der Waals surface area (Å²) in [5.41, 5.74) is 3.50. The fourth-order valence-corrected chi connectivity index (χ4v) is 4.31. The summed E-state index contributed by atoms with van der Waals surface area (Å²) in [6, 6.07) is 5.13. The highest BCUT2D eigenvalue weighted by atomic mass is 32.1. The first-order valence-corrected chi connectivity index (χ1v) is 9.18. The van der Waals surface area contributed by atoms with Crippen molar-refractivity contribution in [1.29, 1.82) is 0 Å². The van der Waals surface area contributed by atoms with E-state index in [2.05, 4.69) is 12.2 Å².